The van der Waals surface area contributed by atoms with Crippen molar-refractivity contribution >= 4 is 69.9 Å². The molecule has 0 spiro atoms. The van der Waals surface area contributed by atoms with Crippen LogP contribution in [0.15, 0.2) is 176 Å². The molecule has 4 saturated heterocycles. The van der Waals surface area contributed by atoms with Crippen LogP contribution in [-0.2, 0) is 30.1 Å². The summed E-state index contributed by atoms with van der Waals surface area (Å²) in [6.07, 6.45) is 0.407. The van der Waals surface area contributed by atoms with Gasteiger partial charge in [-0.3, -0.25) is 38.4 Å². The van der Waals surface area contributed by atoms with Crippen molar-refractivity contribution in [1.29, 1.82) is 0 Å². The fraction of sp³-hybridized carbons (Fsp3) is 0.415. The van der Waals surface area contributed by atoms with E-state index < -0.39 is 46.9 Å². The molecule has 37 heteroatoms. The molecule has 1 unspecified atom stereocenters. The maximum atomic E-state index is 13.8. The number of likely N-dealkylation sites (tertiary alicyclic amines) is 2. The van der Waals surface area contributed by atoms with Crippen molar-refractivity contribution in [2.75, 3.05) is 72.5 Å². The Morgan fingerprint density at radius 1 is 0.420 bits per heavy atom. The number of benzene rings is 5. The Bertz CT molecular complexity index is 6840. The van der Waals surface area contributed by atoms with E-state index in [2.05, 4.69) is 59.5 Å². The Labute approximate surface area is 823 Å². The van der Waals surface area contributed by atoms with Crippen LogP contribution < -0.4 is 5.32 Å². The van der Waals surface area contributed by atoms with Gasteiger partial charge in [0.05, 0.1) is 53.5 Å². The standard InChI is InChI=1S/C29H30FN5O3.C28H36FN5O3.C27H33FN4O3.C22H21F4N5O2/c1-18(2)23-15-24(20-9-11-22(30)12-10-20)32-35-17-25(31-27(23)35)28(37)33-13-14-34(19(3)16-33)29(38)26(36)21-7-5-4-6-8-21;1-17(2)21-13-22(19-7-9-20(29)10-8-19)31-34-16-23(30-25(21)34)26(36)32-11-12-33(18(3)15-32)27(37)24(35)14-28(4,5)6;1-16(2)21-13-22(18-7-9-19(28)10-8-18)30-32-15-23(29-24(21)32)25(33)31-12-11-20(17(3)14-31)26(34)35-27(4,5)6;1-12-10-30(8-7-15(12)20(32)27-2)21(33)18-11-31-19(28-18)16(22(24,25)26)9-17(29-31)13-3-5-14(23)6-4-13/h4-12,15,17-19,26,36H,13-14,16H2,1-3H3;7-10,13,16-18,24,35H,11-12,14-15H2,1-6H3;7-10,13,15-17,20H,11-12,14H2,1-6H3;3-6,9,11-12,15H,7-8,10H2,1-2H3,(H,27,32)/t19-,26+;18-,24+;17-,20?;12-,15+/m0000/s1. The number of hydrogen-bond acceptors (Lipinski definition) is 19. The third kappa shape index (κ3) is 24.4. The number of ether oxygens (including phenoxy) is 1. The first kappa shape index (κ1) is 105. The molecule has 8 aromatic heterocycles. The predicted molar refractivity (Wildman–Crippen MR) is 523 cm³/mol. The molecule has 17 rings (SSSR count). The average molecular weight is 1970 g/mol. The molecular weight excluding hydrogens is 1850 g/mol. The number of hydrogen-bond donors (Lipinski definition) is 3. The molecule has 13 aromatic rings. The van der Waals surface area contributed by atoms with E-state index in [4.69, 9.17) is 4.74 Å². The first-order valence-electron chi connectivity index (χ1n) is 47.9. The number of rotatable bonds is 17. The van der Waals surface area contributed by atoms with Gasteiger partial charge in [0, 0.05) is 129 Å². The number of carbonyl (C=O) groups excluding carboxylic acids is 8. The topological polar surface area (TPSA) is 338 Å². The van der Waals surface area contributed by atoms with Crippen LogP contribution in [0.3, 0.4) is 0 Å². The van der Waals surface area contributed by atoms with Crippen molar-refractivity contribution < 1.29 is 84.0 Å². The molecule has 8 atom stereocenters. The van der Waals surface area contributed by atoms with Crippen molar-refractivity contribution in [3.63, 3.8) is 0 Å². The second-order valence-corrected chi connectivity index (χ2v) is 40.2. The molecule has 5 aromatic carbocycles. The van der Waals surface area contributed by atoms with Crippen LogP contribution in [0.2, 0.25) is 0 Å². The summed E-state index contributed by atoms with van der Waals surface area (Å²) in [5.41, 5.74) is 8.24. The lowest BCUT2D eigenvalue weighted by Gasteiger charge is -2.40. The monoisotopic (exact) mass is 1970 g/mol. The number of aliphatic hydroxyl groups is 2. The Hall–Kier alpha value is -14.2. The van der Waals surface area contributed by atoms with Crippen molar-refractivity contribution in [2.24, 2.45) is 29.1 Å². The van der Waals surface area contributed by atoms with Crippen molar-refractivity contribution in [2.45, 2.75) is 184 Å². The van der Waals surface area contributed by atoms with Crippen LogP contribution in [0, 0.1) is 52.4 Å². The maximum absolute atomic E-state index is 13.8. The lowest BCUT2D eigenvalue weighted by molar-refractivity contribution is -0.163. The highest BCUT2D eigenvalue weighted by atomic mass is 19.4. The number of piperazine rings is 2. The number of piperidine rings is 2. The molecule has 30 nitrogen and oxygen atoms in total. The largest absolute Gasteiger partial charge is 0.460 e. The van der Waals surface area contributed by atoms with Crippen molar-refractivity contribution in [3.8, 4) is 45.0 Å². The summed E-state index contributed by atoms with van der Waals surface area (Å²) in [6.45, 7) is 34.9. The third-order valence-corrected chi connectivity index (χ3v) is 25.9. The van der Waals surface area contributed by atoms with Gasteiger partial charge in [0.1, 0.15) is 63.3 Å². The smallest absolute Gasteiger partial charge is 0.420 e. The van der Waals surface area contributed by atoms with Gasteiger partial charge in [-0.15, -0.1) is 0 Å². The third-order valence-electron chi connectivity index (χ3n) is 25.9. The van der Waals surface area contributed by atoms with E-state index in [-0.39, 0.29) is 159 Å². The average Bonchev–Trinajstić information content (AvgIpc) is 1.62. The van der Waals surface area contributed by atoms with Crippen LogP contribution in [0.4, 0.5) is 30.7 Å². The minimum Gasteiger partial charge on any atom is -0.460 e. The van der Waals surface area contributed by atoms with Gasteiger partial charge in [0.25, 0.3) is 35.4 Å². The summed E-state index contributed by atoms with van der Waals surface area (Å²) < 4.78 is 106. The number of nitrogens with zero attached hydrogens (tertiary/aromatic N) is 18. The van der Waals surface area contributed by atoms with E-state index in [0.717, 1.165) is 62.3 Å². The first-order valence-corrected chi connectivity index (χ1v) is 47.9. The number of carbonyl (C=O) groups is 8. The number of esters is 1. The second-order valence-electron chi connectivity index (χ2n) is 40.2. The van der Waals surface area contributed by atoms with E-state index in [1.54, 1.807) is 124 Å². The molecule has 143 heavy (non-hydrogen) atoms. The molecule has 0 bridgehead atoms. The number of halogens is 7. The summed E-state index contributed by atoms with van der Waals surface area (Å²) in [5, 5.41) is 41.7. The van der Waals surface area contributed by atoms with Crippen molar-refractivity contribution in [3.05, 3.63) is 250 Å². The molecule has 754 valence electrons. The zero-order valence-electron chi connectivity index (χ0n) is 83.1. The fourth-order valence-corrected chi connectivity index (χ4v) is 18.3. The number of fused-ring (bicyclic) bond motifs is 4. The number of aliphatic hydroxyl groups excluding tert-OH is 2. The van der Waals surface area contributed by atoms with Crippen LogP contribution >= 0.6 is 0 Å². The Morgan fingerprint density at radius 2 is 0.741 bits per heavy atom. The first-order chi connectivity index (χ1) is 67.6. The lowest BCUT2D eigenvalue weighted by atomic mass is 9.86. The number of alkyl halides is 3. The molecule has 4 fully saturated rings. The number of nitrogens with one attached hydrogen (secondary N) is 1. The highest BCUT2D eigenvalue weighted by molar-refractivity contribution is 5.96. The fourth-order valence-electron chi connectivity index (χ4n) is 18.3. The van der Waals surface area contributed by atoms with E-state index in [0.29, 0.717) is 117 Å². The molecule has 0 saturated carbocycles. The van der Waals surface area contributed by atoms with Gasteiger partial charge >= 0.3 is 12.1 Å². The highest BCUT2D eigenvalue weighted by Crippen LogP contribution is 2.38. The van der Waals surface area contributed by atoms with Crippen LogP contribution in [0.25, 0.3) is 67.6 Å². The van der Waals surface area contributed by atoms with Gasteiger partial charge in [-0.25, -0.2) is 55.6 Å². The Morgan fingerprint density at radius 3 is 1.06 bits per heavy atom. The minimum atomic E-state index is -4.75. The predicted octanol–water partition coefficient (Wildman–Crippen LogP) is 16.7. The molecule has 3 N–H and O–H groups in total. The summed E-state index contributed by atoms with van der Waals surface area (Å²) in [5.74, 6) is -3.82. The minimum absolute atomic E-state index is 0.0194. The maximum Gasteiger partial charge on any atom is 0.420 e. The normalized spacial score (nSPS) is 18.0. The van der Waals surface area contributed by atoms with E-state index in [9.17, 15) is 79.3 Å². The van der Waals surface area contributed by atoms with Crippen LogP contribution in [-0.4, -0.2) is 242 Å². The zero-order chi connectivity index (χ0) is 103. The lowest BCUT2D eigenvalue weighted by Crippen LogP contribution is -2.57. The highest BCUT2D eigenvalue weighted by Gasteiger charge is 2.42. The molecule has 0 radical (unpaired) electrons. The molecule has 4 aliphatic rings. The van der Waals surface area contributed by atoms with Gasteiger partial charge in [0.15, 0.2) is 28.7 Å². The summed E-state index contributed by atoms with van der Waals surface area (Å²) in [7, 11) is 1.55. The number of amides is 7. The Kier molecular flexibility index (Phi) is 31.7. The van der Waals surface area contributed by atoms with Gasteiger partial charge < -0.3 is 49.7 Å². The molecule has 4 aliphatic heterocycles. The number of aromatic nitrogens is 12. The molecule has 7 amide bonds. The summed E-state index contributed by atoms with van der Waals surface area (Å²) >= 11 is 0. The Balaban J connectivity index is 0.000000151. The van der Waals surface area contributed by atoms with Gasteiger partial charge in [-0.05, 0) is 216 Å². The van der Waals surface area contributed by atoms with E-state index in [1.807, 2.05) is 121 Å². The van der Waals surface area contributed by atoms with Gasteiger partial charge in [-0.2, -0.15) is 33.6 Å². The van der Waals surface area contributed by atoms with E-state index >= 15 is 0 Å². The molecule has 0 aliphatic carbocycles. The summed E-state index contributed by atoms with van der Waals surface area (Å²) in [6, 6.07) is 38.3. The van der Waals surface area contributed by atoms with E-state index in [1.165, 1.54) is 53.4 Å². The summed E-state index contributed by atoms with van der Waals surface area (Å²) in [4.78, 5) is 131. The number of imidazole rings is 4. The zero-order valence-corrected chi connectivity index (χ0v) is 83.1. The quantitative estimate of drug-likeness (QED) is 0.0563. The SMILES string of the molecule is CC(C)c1cc(-c2ccc(F)cc2)nn2cc(C(=O)N3CCC(C(=O)OC(C)(C)C)[C@@H](C)C3)nc12.CC(C)c1cc(-c2ccc(F)cc2)nn2cc(C(=O)N3CCN(C(=O)[C@H](O)CC(C)(C)C)[C@@H](C)C3)nc12.CC(C)c1cc(-c2ccc(F)cc2)nn2cc(C(=O)N3CCN(C(=O)[C@H](O)c4ccccc4)[C@@H](C)C3)nc12.CNC(=O)[C@@H]1CCN(C(=O)c2cn3nc(-c4ccc(F)cc4)cc(C(F)(F)F)c3n2)C[C@@H]1C. The molecule has 12 heterocycles. The molecular formula is C106H120F7N19O11. The van der Waals surface area contributed by atoms with Gasteiger partial charge in [0.2, 0.25) is 5.91 Å². The second kappa shape index (κ2) is 43.3. The van der Waals surface area contributed by atoms with Crippen LogP contribution in [0.5, 0.6) is 0 Å². The van der Waals surface area contributed by atoms with Gasteiger partial charge in [-0.1, -0.05) is 106 Å². The van der Waals surface area contributed by atoms with Crippen LogP contribution in [0.1, 0.15) is 224 Å². The van der Waals surface area contributed by atoms with Crippen molar-refractivity contribution in [1.82, 2.24) is 93.1 Å².